The van der Waals surface area contributed by atoms with Crippen LogP contribution in [-0.4, -0.2) is 41.1 Å². The van der Waals surface area contributed by atoms with Crippen LogP contribution in [-0.2, 0) is 0 Å². The van der Waals surface area contributed by atoms with Gasteiger partial charge in [0.15, 0.2) is 5.82 Å². The van der Waals surface area contributed by atoms with Crippen LogP contribution < -0.4 is 15.4 Å². The SMILES string of the molecule is CNc1nc(-c2cccnc2)nc2ccc(-c3ccc4c(c3)C(=O)NCCO4)cc12. The molecule has 0 radical (unpaired) electrons. The van der Waals surface area contributed by atoms with E-state index in [4.69, 9.17) is 9.72 Å². The van der Waals surface area contributed by atoms with Crippen LogP contribution in [0.4, 0.5) is 5.82 Å². The Balaban J connectivity index is 1.61. The average molecular weight is 397 g/mol. The molecule has 0 saturated heterocycles. The predicted octanol–water partition coefficient (Wildman–Crippen LogP) is 3.52. The van der Waals surface area contributed by atoms with Gasteiger partial charge in [0.25, 0.3) is 5.91 Å². The molecule has 1 amide bonds. The summed E-state index contributed by atoms with van der Waals surface area (Å²) >= 11 is 0. The van der Waals surface area contributed by atoms with Crippen LogP contribution in [0.15, 0.2) is 60.9 Å². The number of hydrogen-bond acceptors (Lipinski definition) is 6. The van der Waals surface area contributed by atoms with Crippen LogP contribution in [0.1, 0.15) is 10.4 Å². The van der Waals surface area contributed by atoms with Gasteiger partial charge in [-0.25, -0.2) is 9.97 Å². The molecule has 1 aliphatic heterocycles. The summed E-state index contributed by atoms with van der Waals surface area (Å²) in [6.07, 6.45) is 3.47. The van der Waals surface area contributed by atoms with E-state index in [0.717, 1.165) is 33.4 Å². The minimum absolute atomic E-state index is 0.120. The average Bonchev–Trinajstić information content (AvgIpc) is 2.99. The van der Waals surface area contributed by atoms with Gasteiger partial charge in [0, 0.05) is 30.4 Å². The third-order valence-corrected chi connectivity index (χ3v) is 5.05. The molecule has 0 spiro atoms. The molecular formula is C23H19N5O2. The first-order chi connectivity index (χ1) is 14.7. The Labute approximate surface area is 173 Å². The Bertz CT molecular complexity index is 1260. The smallest absolute Gasteiger partial charge is 0.255 e. The highest BCUT2D eigenvalue weighted by Crippen LogP contribution is 2.32. The lowest BCUT2D eigenvalue weighted by Crippen LogP contribution is -2.24. The number of ether oxygens (including phenoxy) is 1. The highest BCUT2D eigenvalue weighted by molar-refractivity contribution is 5.99. The molecule has 0 bridgehead atoms. The largest absolute Gasteiger partial charge is 0.491 e. The standard InChI is InChI=1S/C23H19N5O2/c1-24-22-17-11-14(15-5-7-20-18(12-15)23(29)26-9-10-30-20)4-6-19(17)27-21(28-22)16-3-2-8-25-13-16/h2-8,11-13H,9-10H2,1H3,(H,26,29)(H,24,27,28). The van der Waals surface area contributed by atoms with Gasteiger partial charge in [-0.15, -0.1) is 0 Å². The fourth-order valence-corrected chi connectivity index (χ4v) is 3.56. The van der Waals surface area contributed by atoms with Gasteiger partial charge in [-0.2, -0.15) is 0 Å². The van der Waals surface area contributed by atoms with E-state index in [-0.39, 0.29) is 5.91 Å². The number of aromatic nitrogens is 3. The van der Waals surface area contributed by atoms with E-state index in [1.807, 2.05) is 55.6 Å². The second-order valence-corrected chi connectivity index (χ2v) is 6.93. The maximum Gasteiger partial charge on any atom is 0.255 e. The molecule has 0 saturated carbocycles. The summed E-state index contributed by atoms with van der Waals surface area (Å²) in [5.41, 5.74) is 4.12. The minimum Gasteiger partial charge on any atom is -0.491 e. The number of carbonyl (C=O) groups is 1. The number of amides is 1. The Morgan fingerprint density at radius 2 is 1.90 bits per heavy atom. The van der Waals surface area contributed by atoms with Gasteiger partial charge >= 0.3 is 0 Å². The second-order valence-electron chi connectivity index (χ2n) is 6.93. The van der Waals surface area contributed by atoms with Gasteiger partial charge in [0.05, 0.1) is 17.6 Å². The summed E-state index contributed by atoms with van der Waals surface area (Å²) in [5, 5.41) is 6.92. The van der Waals surface area contributed by atoms with Crippen molar-refractivity contribution < 1.29 is 9.53 Å². The van der Waals surface area contributed by atoms with Gasteiger partial charge in [-0.3, -0.25) is 9.78 Å². The van der Waals surface area contributed by atoms with Gasteiger partial charge < -0.3 is 15.4 Å². The van der Waals surface area contributed by atoms with Crippen LogP contribution in [0.2, 0.25) is 0 Å². The molecule has 2 aromatic carbocycles. The molecule has 4 aromatic rings. The van der Waals surface area contributed by atoms with Crippen LogP contribution in [0.25, 0.3) is 33.4 Å². The lowest BCUT2D eigenvalue weighted by molar-refractivity contribution is 0.0957. The third kappa shape index (κ3) is 3.20. The van der Waals surface area contributed by atoms with Crippen molar-refractivity contribution in [3.05, 3.63) is 66.5 Å². The summed E-state index contributed by atoms with van der Waals surface area (Å²) in [4.78, 5) is 25.9. The van der Waals surface area contributed by atoms with Crippen LogP contribution in [0.5, 0.6) is 5.75 Å². The number of rotatable bonds is 3. The third-order valence-electron chi connectivity index (χ3n) is 5.05. The molecule has 0 aliphatic carbocycles. The van der Waals surface area contributed by atoms with E-state index < -0.39 is 0 Å². The summed E-state index contributed by atoms with van der Waals surface area (Å²) in [7, 11) is 1.84. The van der Waals surface area contributed by atoms with Crippen LogP contribution in [0, 0.1) is 0 Å². The van der Waals surface area contributed by atoms with Gasteiger partial charge in [-0.1, -0.05) is 12.1 Å². The van der Waals surface area contributed by atoms with Gasteiger partial charge in [0.2, 0.25) is 0 Å². The fourth-order valence-electron chi connectivity index (χ4n) is 3.56. The van der Waals surface area contributed by atoms with E-state index in [0.29, 0.717) is 30.3 Å². The van der Waals surface area contributed by atoms with Crippen molar-refractivity contribution in [2.24, 2.45) is 0 Å². The van der Waals surface area contributed by atoms with Gasteiger partial charge in [0.1, 0.15) is 18.2 Å². The first kappa shape index (κ1) is 18.1. The van der Waals surface area contributed by atoms with Crippen molar-refractivity contribution in [2.75, 3.05) is 25.5 Å². The highest BCUT2D eigenvalue weighted by Gasteiger charge is 2.17. The van der Waals surface area contributed by atoms with Gasteiger partial charge in [-0.05, 0) is 47.5 Å². The van der Waals surface area contributed by atoms with E-state index in [9.17, 15) is 4.79 Å². The number of nitrogens with one attached hydrogen (secondary N) is 2. The predicted molar refractivity (Wildman–Crippen MR) is 116 cm³/mol. The Morgan fingerprint density at radius 3 is 2.73 bits per heavy atom. The highest BCUT2D eigenvalue weighted by atomic mass is 16.5. The monoisotopic (exact) mass is 397 g/mol. The summed E-state index contributed by atoms with van der Waals surface area (Å²) in [6, 6.07) is 15.5. The molecule has 0 atom stereocenters. The zero-order valence-corrected chi connectivity index (χ0v) is 16.3. The molecule has 7 nitrogen and oxygen atoms in total. The zero-order chi connectivity index (χ0) is 20.5. The van der Waals surface area contributed by atoms with Crippen LogP contribution >= 0.6 is 0 Å². The van der Waals surface area contributed by atoms with Crippen molar-refractivity contribution >= 4 is 22.6 Å². The number of fused-ring (bicyclic) bond motifs is 2. The summed E-state index contributed by atoms with van der Waals surface area (Å²) < 4.78 is 5.65. The normalized spacial score (nSPS) is 13.2. The molecule has 2 N–H and O–H groups in total. The maximum atomic E-state index is 12.3. The van der Waals surface area contributed by atoms with E-state index in [1.54, 1.807) is 12.4 Å². The number of pyridine rings is 1. The molecule has 5 rings (SSSR count). The van der Waals surface area contributed by atoms with Crippen molar-refractivity contribution in [1.82, 2.24) is 20.3 Å². The molecule has 0 fully saturated rings. The lowest BCUT2D eigenvalue weighted by atomic mass is 10.0. The fraction of sp³-hybridized carbons (Fsp3) is 0.130. The number of hydrogen-bond donors (Lipinski definition) is 2. The number of nitrogens with zero attached hydrogens (tertiary/aromatic N) is 3. The second kappa shape index (κ2) is 7.44. The number of benzene rings is 2. The Morgan fingerprint density at radius 1 is 1.03 bits per heavy atom. The topological polar surface area (TPSA) is 89.0 Å². The van der Waals surface area contributed by atoms with E-state index >= 15 is 0 Å². The molecule has 0 unspecified atom stereocenters. The quantitative estimate of drug-likeness (QED) is 0.550. The molecule has 7 heteroatoms. The maximum absolute atomic E-state index is 12.3. The lowest BCUT2D eigenvalue weighted by Gasteiger charge is -2.11. The van der Waals surface area contributed by atoms with Crippen molar-refractivity contribution in [2.45, 2.75) is 0 Å². The van der Waals surface area contributed by atoms with Crippen LogP contribution in [0.3, 0.4) is 0 Å². The molecule has 30 heavy (non-hydrogen) atoms. The Hall–Kier alpha value is -4.00. The zero-order valence-electron chi connectivity index (χ0n) is 16.3. The Kier molecular flexibility index (Phi) is 4.48. The number of carbonyl (C=O) groups excluding carboxylic acids is 1. The first-order valence-corrected chi connectivity index (χ1v) is 9.68. The van der Waals surface area contributed by atoms with E-state index in [2.05, 4.69) is 20.6 Å². The molecule has 148 valence electrons. The van der Waals surface area contributed by atoms with E-state index in [1.165, 1.54) is 0 Å². The molecular weight excluding hydrogens is 378 g/mol. The first-order valence-electron chi connectivity index (χ1n) is 9.68. The minimum atomic E-state index is -0.120. The van der Waals surface area contributed by atoms with Crippen molar-refractivity contribution in [3.8, 4) is 28.3 Å². The van der Waals surface area contributed by atoms with Crippen molar-refractivity contribution in [3.63, 3.8) is 0 Å². The molecule has 3 heterocycles. The molecule has 2 aromatic heterocycles. The summed E-state index contributed by atoms with van der Waals surface area (Å²) in [6.45, 7) is 0.969. The number of anilines is 1. The summed E-state index contributed by atoms with van der Waals surface area (Å²) in [5.74, 6) is 1.84. The van der Waals surface area contributed by atoms with Crippen molar-refractivity contribution in [1.29, 1.82) is 0 Å². The molecule has 1 aliphatic rings.